The van der Waals surface area contributed by atoms with Gasteiger partial charge in [-0.2, -0.15) is 0 Å². The molecule has 0 N–H and O–H groups in total. The number of carbonyl (C=O) groups excluding carboxylic acids is 1. The lowest BCUT2D eigenvalue weighted by atomic mass is 10.1. The summed E-state index contributed by atoms with van der Waals surface area (Å²) in [6.45, 7) is 0.616. The fourth-order valence-corrected chi connectivity index (χ4v) is 2.56. The first kappa shape index (κ1) is 13.5. The number of fused-ring (bicyclic) bond motifs is 1. The summed E-state index contributed by atoms with van der Waals surface area (Å²) in [6.07, 6.45) is 3.44. The Bertz CT molecular complexity index is 688. The summed E-state index contributed by atoms with van der Waals surface area (Å²) in [5, 5.41) is 0. The molecule has 0 radical (unpaired) electrons. The highest BCUT2D eigenvalue weighted by Crippen LogP contribution is 2.27. The molecule has 1 aliphatic heterocycles. The van der Waals surface area contributed by atoms with E-state index in [4.69, 9.17) is 4.74 Å². The number of hydrogen-bond acceptors (Lipinski definition) is 3. The molecule has 3 rings (SSSR count). The number of carbonyl (C=O) groups is 1. The van der Waals surface area contributed by atoms with Gasteiger partial charge in [0, 0.05) is 18.3 Å². The number of methoxy groups -OCH3 is 1. The molecule has 0 bridgehead atoms. The fraction of sp³-hybridized carbons (Fsp3) is 0.250. The third kappa shape index (κ3) is 2.46. The molecule has 1 aromatic heterocycles. The van der Waals surface area contributed by atoms with Gasteiger partial charge in [-0.05, 0) is 43.2 Å². The maximum Gasteiger partial charge on any atom is 0.258 e. The van der Waals surface area contributed by atoms with Crippen molar-refractivity contribution >= 4 is 11.6 Å². The minimum Gasteiger partial charge on any atom is -0.494 e. The predicted octanol–water partition coefficient (Wildman–Crippen LogP) is 2.82. The smallest absolute Gasteiger partial charge is 0.258 e. The number of aryl methyl sites for hydroxylation is 1. The van der Waals surface area contributed by atoms with Gasteiger partial charge in [0.1, 0.15) is 0 Å². The van der Waals surface area contributed by atoms with Gasteiger partial charge in [0.25, 0.3) is 5.91 Å². The number of amides is 1. The molecule has 0 saturated heterocycles. The van der Waals surface area contributed by atoms with E-state index < -0.39 is 5.82 Å². The van der Waals surface area contributed by atoms with Gasteiger partial charge in [0.15, 0.2) is 11.6 Å². The van der Waals surface area contributed by atoms with Gasteiger partial charge in [-0.3, -0.25) is 9.78 Å². The zero-order valence-corrected chi connectivity index (χ0v) is 11.7. The Labute approximate surface area is 122 Å². The Kier molecular flexibility index (Phi) is 3.56. The molecule has 0 unspecified atom stereocenters. The van der Waals surface area contributed by atoms with Crippen molar-refractivity contribution in [3.05, 3.63) is 53.6 Å². The largest absolute Gasteiger partial charge is 0.494 e. The molecule has 0 aliphatic carbocycles. The summed E-state index contributed by atoms with van der Waals surface area (Å²) in [7, 11) is 1.40. The van der Waals surface area contributed by atoms with Crippen molar-refractivity contribution < 1.29 is 13.9 Å². The Morgan fingerprint density at radius 3 is 3.00 bits per heavy atom. The first-order valence-corrected chi connectivity index (χ1v) is 6.80. The number of anilines is 1. The van der Waals surface area contributed by atoms with Gasteiger partial charge < -0.3 is 9.64 Å². The molecule has 0 spiro atoms. The van der Waals surface area contributed by atoms with Crippen molar-refractivity contribution in [3.8, 4) is 5.75 Å². The third-order valence-electron chi connectivity index (χ3n) is 3.60. The van der Waals surface area contributed by atoms with E-state index in [2.05, 4.69) is 4.98 Å². The van der Waals surface area contributed by atoms with Crippen LogP contribution in [0.25, 0.3) is 0 Å². The number of ether oxygens (including phenoxy) is 1. The number of pyridine rings is 1. The van der Waals surface area contributed by atoms with E-state index in [9.17, 15) is 9.18 Å². The zero-order valence-electron chi connectivity index (χ0n) is 11.7. The van der Waals surface area contributed by atoms with Crippen molar-refractivity contribution in [2.45, 2.75) is 12.8 Å². The molecule has 1 aromatic carbocycles. The quantitative estimate of drug-likeness (QED) is 0.852. The second kappa shape index (κ2) is 5.52. The molecule has 1 amide bonds. The highest BCUT2D eigenvalue weighted by Gasteiger charge is 2.24. The summed E-state index contributed by atoms with van der Waals surface area (Å²) in [5.74, 6) is -0.621. The van der Waals surface area contributed by atoms with Crippen molar-refractivity contribution in [1.82, 2.24) is 4.98 Å². The van der Waals surface area contributed by atoms with Gasteiger partial charge in [0.2, 0.25) is 0 Å². The molecule has 0 fully saturated rings. The molecular weight excluding hydrogens is 271 g/mol. The summed E-state index contributed by atoms with van der Waals surface area (Å²) in [5.41, 5.74) is 2.03. The van der Waals surface area contributed by atoms with Crippen LogP contribution < -0.4 is 9.64 Å². The molecule has 108 valence electrons. The maximum absolute atomic E-state index is 13.8. The number of halogens is 1. The van der Waals surface area contributed by atoms with Crippen LogP contribution in [-0.2, 0) is 6.42 Å². The monoisotopic (exact) mass is 286 g/mol. The van der Waals surface area contributed by atoms with Gasteiger partial charge in [-0.15, -0.1) is 0 Å². The van der Waals surface area contributed by atoms with Gasteiger partial charge in [0.05, 0.1) is 18.5 Å². The molecule has 2 heterocycles. The number of rotatable bonds is 2. The van der Waals surface area contributed by atoms with E-state index in [1.165, 1.54) is 19.2 Å². The van der Waals surface area contributed by atoms with Crippen LogP contribution in [0, 0.1) is 5.82 Å². The minimum atomic E-state index is -0.535. The summed E-state index contributed by atoms with van der Waals surface area (Å²) >= 11 is 0. The van der Waals surface area contributed by atoms with Crippen LogP contribution in [0.1, 0.15) is 22.5 Å². The van der Waals surface area contributed by atoms with Crippen molar-refractivity contribution in [1.29, 1.82) is 0 Å². The molecule has 0 saturated carbocycles. The van der Waals surface area contributed by atoms with E-state index >= 15 is 0 Å². The van der Waals surface area contributed by atoms with Crippen LogP contribution in [-0.4, -0.2) is 24.5 Å². The lowest BCUT2D eigenvalue weighted by molar-refractivity contribution is 0.0984. The van der Waals surface area contributed by atoms with E-state index in [1.807, 2.05) is 6.07 Å². The first-order chi connectivity index (χ1) is 10.2. The van der Waals surface area contributed by atoms with Crippen LogP contribution in [0.15, 0.2) is 36.5 Å². The Morgan fingerprint density at radius 2 is 2.24 bits per heavy atom. The average Bonchev–Trinajstić information content (AvgIpc) is 2.53. The molecule has 0 atom stereocenters. The van der Waals surface area contributed by atoms with Gasteiger partial charge in [-0.1, -0.05) is 0 Å². The molecular formula is C16H15FN2O2. The summed E-state index contributed by atoms with van der Waals surface area (Å²) in [4.78, 5) is 18.6. The van der Waals surface area contributed by atoms with Crippen LogP contribution in [0.2, 0.25) is 0 Å². The average molecular weight is 286 g/mol. The Hall–Kier alpha value is -2.43. The van der Waals surface area contributed by atoms with Crippen LogP contribution >= 0.6 is 0 Å². The summed E-state index contributed by atoms with van der Waals surface area (Å²) < 4.78 is 18.6. The number of nitrogens with zero attached hydrogens (tertiary/aromatic N) is 2. The molecule has 2 aromatic rings. The van der Waals surface area contributed by atoms with Gasteiger partial charge in [-0.25, -0.2) is 4.39 Å². The van der Waals surface area contributed by atoms with E-state index in [0.29, 0.717) is 12.1 Å². The normalized spacial score (nSPS) is 13.7. The van der Waals surface area contributed by atoms with Crippen molar-refractivity contribution in [2.75, 3.05) is 18.6 Å². The number of benzene rings is 1. The highest BCUT2D eigenvalue weighted by molar-refractivity contribution is 6.06. The second-order valence-corrected chi connectivity index (χ2v) is 4.88. The van der Waals surface area contributed by atoms with Crippen molar-refractivity contribution in [2.24, 2.45) is 0 Å². The molecule has 21 heavy (non-hydrogen) atoms. The zero-order chi connectivity index (χ0) is 14.8. The maximum atomic E-state index is 13.8. The third-order valence-corrected chi connectivity index (χ3v) is 3.60. The van der Waals surface area contributed by atoms with Crippen molar-refractivity contribution in [3.63, 3.8) is 0 Å². The second-order valence-electron chi connectivity index (χ2n) is 4.88. The first-order valence-electron chi connectivity index (χ1n) is 6.80. The Balaban J connectivity index is 1.95. The SMILES string of the molecule is COc1ccc(C(=O)N2CCCc3ncccc32)cc1F. The topological polar surface area (TPSA) is 42.4 Å². The van der Waals surface area contributed by atoms with Crippen LogP contribution in [0.4, 0.5) is 10.1 Å². The lowest BCUT2D eigenvalue weighted by Gasteiger charge is -2.28. The molecule has 1 aliphatic rings. The standard InChI is InChI=1S/C16H15FN2O2/c1-21-15-7-6-11(10-12(15)17)16(20)19-9-3-4-13-14(19)5-2-8-18-13/h2,5-8,10H,3-4,9H2,1H3. The molecule has 5 heteroatoms. The lowest BCUT2D eigenvalue weighted by Crippen LogP contribution is -2.35. The van der Waals surface area contributed by atoms with E-state index in [1.54, 1.807) is 23.2 Å². The minimum absolute atomic E-state index is 0.132. The highest BCUT2D eigenvalue weighted by atomic mass is 19.1. The number of hydrogen-bond donors (Lipinski definition) is 0. The van der Waals surface area contributed by atoms with E-state index in [-0.39, 0.29) is 11.7 Å². The van der Waals surface area contributed by atoms with Crippen LogP contribution in [0.5, 0.6) is 5.75 Å². The molecule has 4 nitrogen and oxygen atoms in total. The Morgan fingerprint density at radius 1 is 1.38 bits per heavy atom. The summed E-state index contributed by atoms with van der Waals surface area (Å²) in [6, 6.07) is 7.94. The fourth-order valence-electron chi connectivity index (χ4n) is 2.56. The predicted molar refractivity (Wildman–Crippen MR) is 77.2 cm³/mol. The number of aromatic nitrogens is 1. The van der Waals surface area contributed by atoms with Crippen LogP contribution in [0.3, 0.4) is 0 Å². The van der Waals surface area contributed by atoms with E-state index in [0.717, 1.165) is 24.2 Å². The van der Waals surface area contributed by atoms with Gasteiger partial charge >= 0.3 is 0 Å².